The van der Waals surface area contributed by atoms with Crippen molar-refractivity contribution in [2.75, 3.05) is 31.0 Å². The minimum absolute atomic E-state index is 0.0152. The van der Waals surface area contributed by atoms with Crippen molar-refractivity contribution in [1.82, 2.24) is 0 Å². The Morgan fingerprint density at radius 1 is 1.22 bits per heavy atom. The van der Waals surface area contributed by atoms with Gasteiger partial charge >= 0.3 is 0 Å². The van der Waals surface area contributed by atoms with Gasteiger partial charge in [0.05, 0.1) is 16.9 Å². The summed E-state index contributed by atoms with van der Waals surface area (Å²) >= 11 is 0. The first-order valence-electron chi connectivity index (χ1n) is 9.11. The van der Waals surface area contributed by atoms with Crippen LogP contribution in [0, 0.1) is 21.5 Å². The second-order valence-corrected chi connectivity index (χ2v) is 11.7. The molecule has 2 saturated carbocycles. The van der Waals surface area contributed by atoms with Crippen LogP contribution in [0.2, 0.25) is 0 Å². The number of hydrogen-bond donors (Lipinski definition) is 2. The lowest BCUT2D eigenvalue weighted by atomic mass is 9.70. The molecule has 0 spiro atoms. The van der Waals surface area contributed by atoms with Gasteiger partial charge < -0.3 is 9.47 Å². The van der Waals surface area contributed by atoms with Gasteiger partial charge in [-0.25, -0.2) is 0 Å². The molecule has 0 aromatic carbocycles. The minimum atomic E-state index is -4.08. The molecule has 2 N–H and O–H groups in total. The molecule has 2 rings (SSSR count). The Balaban J connectivity index is 0.000000279. The molecule has 0 amide bonds. The van der Waals surface area contributed by atoms with Crippen molar-refractivity contribution in [1.29, 1.82) is 4.78 Å². The third-order valence-corrected chi connectivity index (χ3v) is 7.49. The summed E-state index contributed by atoms with van der Waals surface area (Å²) in [5, 5.41) is 0. The van der Waals surface area contributed by atoms with Crippen molar-refractivity contribution in [3.8, 4) is 0 Å². The van der Waals surface area contributed by atoms with Crippen molar-refractivity contribution in [3.63, 3.8) is 0 Å². The fourth-order valence-corrected chi connectivity index (χ4v) is 6.21. The van der Waals surface area contributed by atoms with Crippen molar-refractivity contribution < 1.29 is 31.4 Å². The van der Waals surface area contributed by atoms with Crippen LogP contribution in [-0.4, -0.2) is 60.2 Å². The Labute approximate surface area is 163 Å². The Morgan fingerprint density at radius 2 is 1.74 bits per heavy atom. The van der Waals surface area contributed by atoms with Gasteiger partial charge in [-0.3, -0.25) is 18.3 Å². The molecule has 0 aliphatic heterocycles. The van der Waals surface area contributed by atoms with Crippen LogP contribution in [0.3, 0.4) is 0 Å². The van der Waals surface area contributed by atoms with Gasteiger partial charge in [-0.15, -0.1) is 0 Å². The third-order valence-electron chi connectivity index (χ3n) is 5.73. The van der Waals surface area contributed by atoms with Gasteiger partial charge in [0.25, 0.3) is 10.1 Å². The zero-order valence-corrected chi connectivity index (χ0v) is 18.5. The van der Waals surface area contributed by atoms with Gasteiger partial charge in [-0.1, -0.05) is 13.8 Å². The van der Waals surface area contributed by atoms with Crippen LogP contribution in [0.15, 0.2) is 0 Å². The molecule has 8 nitrogen and oxygen atoms in total. The molecular formula is C17H33NO7S2. The summed E-state index contributed by atoms with van der Waals surface area (Å²) in [6, 6.07) is 0. The van der Waals surface area contributed by atoms with Gasteiger partial charge in [-0.2, -0.15) is 8.42 Å². The van der Waals surface area contributed by atoms with Gasteiger partial charge in [0.15, 0.2) is 6.29 Å². The Kier molecular flexibility index (Phi) is 8.03. The van der Waals surface area contributed by atoms with Crippen LogP contribution in [0.25, 0.3) is 0 Å². The monoisotopic (exact) mass is 427 g/mol. The number of rotatable bonds is 8. The molecule has 160 valence electrons. The topological polar surface area (TPSA) is 131 Å². The summed E-state index contributed by atoms with van der Waals surface area (Å²) in [6.07, 6.45) is 2.87. The number of nitrogens with one attached hydrogen (secondary N) is 1. The van der Waals surface area contributed by atoms with E-state index in [0.717, 1.165) is 6.42 Å². The van der Waals surface area contributed by atoms with Crippen molar-refractivity contribution in [2.45, 2.75) is 53.2 Å². The summed E-state index contributed by atoms with van der Waals surface area (Å²) in [6.45, 7) is 8.60. The smallest absolute Gasteiger partial charge is 0.265 e. The van der Waals surface area contributed by atoms with Gasteiger partial charge in [-0.05, 0) is 38.0 Å². The lowest BCUT2D eigenvalue weighted by molar-refractivity contribution is -0.128. The van der Waals surface area contributed by atoms with Crippen LogP contribution in [0.4, 0.5) is 0 Å². The molecule has 0 saturated heterocycles. The Hall–Kier alpha value is -0.550. The van der Waals surface area contributed by atoms with E-state index in [9.17, 15) is 17.4 Å². The van der Waals surface area contributed by atoms with Gasteiger partial charge in [0, 0.05) is 35.6 Å². The molecule has 2 aliphatic rings. The van der Waals surface area contributed by atoms with E-state index in [1.54, 1.807) is 0 Å². The molecule has 0 radical (unpaired) electrons. The van der Waals surface area contributed by atoms with E-state index in [1.165, 1.54) is 6.26 Å². The standard InChI is InChI=1S/C10H16O4S.C7H17NO3S/c1-9(2)7-3-4-10(9,8(11)5-7)6-15(12,13)14;1-4-10-7(11-5-2)6-12(3,8)9/h7H,3-6H2,1-2H3,(H,12,13,14);7-8H,4-6H2,1-3H3/t7-,10-;/m1./s1. The van der Waals surface area contributed by atoms with Crippen molar-refractivity contribution >= 4 is 25.6 Å². The number of fused-ring (bicyclic) bond motifs is 2. The quantitative estimate of drug-likeness (QED) is 0.449. The minimum Gasteiger partial charge on any atom is -0.352 e. The SMILES string of the molecule is CC1(C)[C@@H]2CC[C@@]1(CS(=O)(=O)O)C(=O)C2.CCOC(CS(C)(=N)=O)OCC. The van der Waals surface area contributed by atoms with E-state index in [1.807, 2.05) is 27.7 Å². The zero-order valence-electron chi connectivity index (χ0n) is 16.8. The normalized spacial score (nSPS) is 28.7. The predicted octanol–water partition coefficient (Wildman–Crippen LogP) is 2.33. The average molecular weight is 428 g/mol. The molecule has 2 aliphatic carbocycles. The number of carbonyl (C=O) groups is 1. The number of hydrogen-bond acceptors (Lipinski definition) is 7. The third kappa shape index (κ3) is 6.22. The maximum absolute atomic E-state index is 11.9. The molecule has 3 atom stereocenters. The van der Waals surface area contributed by atoms with Crippen LogP contribution >= 0.6 is 0 Å². The molecule has 27 heavy (non-hydrogen) atoms. The summed E-state index contributed by atoms with van der Waals surface area (Å²) in [5.41, 5.74) is -1.12. The molecule has 2 bridgehead atoms. The zero-order chi connectivity index (χ0) is 21.1. The number of ketones is 1. The van der Waals surface area contributed by atoms with E-state index >= 15 is 0 Å². The highest BCUT2D eigenvalue weighted by Crippen LogP contribution is 2.64. The second kappa shape index (κ2) is 8.86. The van der Waals surface area contributed by atoms with Gasteiger partial charge in [0.2, 0.25) is 0 Å². The first-order valence-corrected chi connectivity index (χ1v) is 12.9. The molecule has 1 unspecified atom stereocenters. The van der Waals surface area contributed by atoms with Crippen LogP contribution < -0.4 is 0 Å². The van der Waals surface area contributed by atoms with E-state index in [4.69, 9.17) is 18.8 Å². The van der Waals surface area contributed by atoms with Crippen molar-refractivity contribution in [2.24, 2.45) is 16.7 Å². The first kappa shape index (κ1) is 24.5. The summed E-state index contributed by atoms with van der Waals surface area (Å²) in [5.74, 6) is 0.0462. The highest BCUT2D eigenvalue weighted by atomic mass is 32.2. The molecule has 10 heteroatoms. The van der Waals surface area contributed by atoms with Crippen LogP contribution in [0.5, 0.6) is 0 Å². The Morgan fingerprint density at radius 3 is 2.04 bits per heavy atom. The molecule has 2 fully saturated rings. The maximum Gasteiger partial charge on any atom is 0.265 e. The maximum atomic E-state index is 11.9. The molecular weight excluding hydrogens is 394 g/mol. The first-order chi connectivity index (χ1) is 12.2. The largest absolute Gasteiger partial charge is 0.352 e. The Bertz CT molecular complexity index is 724. The fraction of sp³-hybridized carbons (Fsp3) is 0.941. The molecule has 0 aromatic heterocycles. The van der Waals surface area contributed by atoms with E-state index in [-0.39, 0.29) is 22.9 Å². The second-order valence-electron chi connectivity index (χ2n) is 7.90. The number of Topliss-reactive ketones (excluding diaryl/α,β-unsaturated/α-hetero) is 1. The lowest BCUT2D eigenvalue weighted by Gasteiger charge is -2.35. The van der Waals surface area contributed by atoms with Crippen molar-refractivity contribution in [3.05, 3.63) is 0 Å². The number of ether oxygens (including phenoxy) is 2. The fourth-order valence-electron chi connectivity index (χ4n) is 4.20. The summed E-state index contributed by atoms with van der Waals surface area (Å²) in [7, 11) is -6.59. The molecule has 0 aromatic rings. The van der Waals surface area contributed by atoms with Gasteiger partial charge in [0.1, 0.15) is 5.78 Å². The lowest BCUT2D eigenvalue weighted by Crippen LogP contribution is -2.42. The van der Waals surface area contributed by atoms with Crippen LogP contribution in [-0.2, 0) is 34.1 Å². The van der Waals surface area contributed by atoms with E-state index in [0.29, 0.717) is 26.1 Å². The van der Waals surface area contributed by atoms with E-state index < -0.39 is 37.3 Å². The van der Waals surface area contributed by atoms with Crippen LogP contribution in [0.1, 0.15) is 47.0 Å². The average Bonchev–Trinajstić information content (AvgIpc) is 2.79. The summed E-state index contributed by atoms with van der Waals surface area (Å²) in [4.78, 5) is 11.9. The van der Waals surface area contributed by atoms with E-state index in [2.05, 4.69) is 0 Å². The molecule has 0 heterocycles. The highest BCUT2D eigenvalue weighted by molar-refractivity contribution is 7.91. The highest BCUT2D eigenvalue weighted by Gasteiger charge is 2.65. The summed E-state index contributed by atoms with van der Waals surface area (Å²) < 4.78 is 59.5. The number of carbonyl (C=O) groups excluding carboxylic acids is 1. The predicted molar refractivity (Wildman–Crippen MR) is 104 cm³/mol.